The van der Waals surface area contributed by atoms with E-state index in [4.69, 9.17) is 0 Å². The van der Waals surface area contributed by atoms with Crippen LogP contribution >= 0.6 is 0 Å². The zero-order valence-corrected chi connectivity index (χ0v) is 16.7. The molecule has 1 amide bonds. The van der Waals surface area contributed by atoms with Gasteiger partial charge in [0.2, 0.25) is 0 Å². The Hall–Kier alpha value is -2.43. The summed E-state index contributed by atoms with van der Waals surface area (Å²) in [6.45, 7) is 8.25. The van der Waals surface area contributed by atoms with Gasteiger partial charge in [0.05, 0.1) is 6.54 Å². The molecule has 2 aliphatic heterocycles. The van der Waals surface area contributed by atoms with Crippen LogP contribution in [0.2, 0.25) is 0 Å². The monoisotopic (exact) mass is 377 g/mol. The lowest BCUT2D eigenvalue weighted by Crippen LogP contribution is -3.28. The number of benzene rings is 2. The lowest BCUT2D eigenvalue weighted by atomic mass is 10.1. The van der Waals surface area contributed by atoms with Crippen LogP contribution < -0.4 is 14.7 Å². The molecule has 0 aromatic heterocycles. The number of carbonyl (C=O) groups is 1. The van der Waals surface area contributed by atoms with Crippen LogP contribution in [0.4, 0.5) is 5.69 Å². The second kappa shape index (κ2) is 8.72. The van der Waals surface area contributed by atoms with Gasteiger partial charge in [-0.25, -0.2) is 0 Å². The third kappa shape index (κ3) is 4.34. The Morgan fingerprint density at radius 1 is 1.00 bits per heavy atom. The maximum absolute atomic E-state index is 13.0. The lowest BCUT2D eigenvalue weighted by Gasteiger charge is -2.30. The Morgan fingerprint density at radius 3 is 2.46 bits per heavy atom. The molecule has 4 rings (SSSR count). The van der Waals surface area contributed by atoms with Crippen molar-refractivity contribution in [1.82, 2.24) is 0 Å². The van der Waals surface area contributed by atoms with E-state index in [-0.39, 0.29) is 11.9 Å². The van der Waals surface area contributed by atoms with E-state index in [0.29, 0.717) is 6.54 Å². The van der Waals surface area contributed by atoms with E-state index in [0.717, 1.165) is 44.8 Å². The fourth-order valence-electron chi connectivity index (χ4n) is 4.51. The Morgan fingerprint density at radius 2 is 1.68 bits per heavy atom. The van der Waals surface area contributed by atoms with Gasteiger partial charge in [0.25, 0.3) is 5.91 Å². The number of piperazine rings is 1. The number of rotatable bonds is 5. The third-order valence-corrected chi connectivity index (χ3v) is 6.06. The highest BCUT2D eigenvalue weighted by Gasteiger charge is 2.33. The topological polar surface area (TPSA) is 29.2 Å². The summed E-state index contributed by atoms with van der Waals surface area (Å²) in [7, 11) is 0. The number of nitrogens with zero attached hydrogens (tertiary/aromatic N) is 1. The van der Waals surface area contributed by atoms with E-state index < -0.39 is 0 Å². The fourth-order valence-corrected chi connectivity index (χ4v) is 4.51. The number of anilines is 1. The van der Waals surface area contributed by atoms with Crippen molar-refractivity contribution in [2.45, 2.75) is 19.4 Å². The van der Waals surface area contributed by atoms with Gasteiger partial charge in [0.15, 0.2) is 6.54 Å². The molecule has 0 saturated carbocycles. The number of fused-ring (bicyclic) bond motifs is 1. The van der Waals surface area contributed by atoms with E-state index in [2.05, 4.69) is 61.5 Å². The molecule has 0 spiro atoms. The molecule has 4 heteroatoms. The van der Waals surface area contributed by atoms with Crippen molar-refractivity contribution in [3.05, 3.63) is 71.8 Å². The van der Waals surface area contributed by atoms with Crippen molar-refractivity contribution in [3.63, 3.8) is 0 Å². The lowest BCUT2D eigenvalue weighted by molar-refractivity contribution is -1.01. The summed E-state index contributed by atoms with van der Waals surface area (Å²) in [5.74, 6) is 0.278. The Labute approximate surface area is 168 Å². The van der Waals surface area contributed by atoms with Gasteiger partial charge in [0.1, 0.15) is 26.2 Å². The van der Waals surface area contributed by atoms with E-state index in [1.807, 2.05) is 17.0 Å². The van der Waals surface area contributed by atoms with Crippen LogP contribution in [-0.2, 0) is 11.2 Å². The first kappa shape index (κ1) is 18.9. The molecule has 28 heavy (non-hydrogen) atoms. The molecule has 2 aromatic carbocycles. The predicted octanol–water partition coefficient (Wildman–Crippen LogP) is 0.461. The molecule has 2 aliphatic rings. The van der Waals surface area contributed by atoms with Gasteiger partial charge in [-0.05, 0) is 36.6 Å². The summed E-state index contributed by atoms with van der Waals surface area (Å²) < 4.78 is 0. The molecule has 1 atom stereocenters. The normalized spacial score (nSPS) is 24.5. The van der Waals surface area contributed by atoms with Crippen LogP contribution in [0.25, 0.3) is 6.08 Å². The first-order chi connectivity index (χ1) is 13.7. The zero-order valence-electron chi connectivity index (χ0n) is 16.7. The molecule has 1 saturated heterocycles. The van der Waals surface area contributed by atoms with Crippen LogP contribution in [0.1, 0.15) is 18.1 Å². The van der Waals surface area contributed by atoms with Crippen LogP contribution in [-0.4, -0.2) is 51.2 Å². The quantitative estimate of drug-likeness (QED) is 0.779. The molecule has 2 N–H and O–H groups in total. The predicted molar refractivity (Wildman–Crippen MR) is 114 cm³/mol. The van der Waals surface area contributed by atoms with Crippen molar-refractivity contribution in [1.29, 1.82) is 0 Å². The van der Waals surface area contributed by atoms with E-state index in [1.165, 1.54) is 16.0 Å². The number of quaternary nitrogens is 2. The van der Waals surface area contributed by atoms with Crippen LogP contribution in [0.5, 0.6) is 0 Å². The summed E-state index contributed by atoms with van der Waals surface area (Å²) >= 11 is 0. The minimum absolute atomic E-state index is 0.277. The third-order valence-electron chi connectivity index (χ3n) is 6.06. The van der Waals surface area contributed by atoms with Gasteiger partial charge < -0.3 is 14.7 Å². The maximum atomic E-state index is 13.0. The SMILES string of the molecule is C[C@@H]1Cc2ccccc2N1C(=O)C[NH+]1CC[NH+](C/C=C/c2ccccc2)CC1. The van der Waals surface area contributed by atoms with Crippen LogP contribution in [0, 0.1) is 0 Å². The molecule has 0 radical (unpaired) electrons. The molecule has 4 nitrogen and oxygen atoms in total. The van der Waals surface area contributed by atoms with Gasteiger partial charge in [-0.15, -0.1) is 0 Å². The van der Waals surface area contributed by atoms with E-state index in [9.17, 15) is 4.79 Å². The minimum atomic E-state index is 0.277. The van der Waals surface area contributed by atoms with Gasteiger partial charge in [-0.2, -0.15) is 0 Å². The fraction of sp³-hybridized carbons (Fsp3) is 0.375. The van der Waals surface area contributed by atoms with Crippen molar-refractivity contribution < 1.29 is 14.6 Å². The van der Waals surface area contributed by atoms with Crippen molar-refractivity contribution in [2.24, 2.45) is 0 Å². The zero-order chi connectivity index (χ0) is 19.3. The second-order valence-corrected chi connectivity index (χ2v) is 8.14. The molecule has 146 valence electrons. The van der Waals surface area contributed by atoms with Crippen LogP contribution in [0.3, 0.4) is 0 Å². The number of carbonyl (C=O) groups excluding carboxylic acids is 1. The summed E-state index contributed by atoms with van der Waals surface area (Å²) in [4.78, 5) is 18.1. The summed E-state index contributed by atoms with van der Waals surface area (Å²) in [5.41, 5.74) is 3.68. The first-order valence-corrected chi connectivity index (χ1v) is 10.5. The van der Waals surface area contributed by atoms with Gasteiger partial charge in [0, 0.05) is 11.7 Å². The molecule has 1 fully saturated rings. The van der Waals surface area contributed by atoms with E-state index in [1.54, 1.807) is 4.90 Å². The molecule has 2 aromatic rings. The largest absolute Gasteiger partial charge is 0.322 e. The molecular weight excluding hydrogens is 346 g/mol. The van der Waals surface area contributed by atoms with Gasteiger partial charge in [-0.3, -0.25) is 4.79 Å². The Bertz CT molecular complexity index is 825. The average Bonchev–Trinajstić information content (AvgIpc) is 3.06. The van der Waals surface area contributed by atoms with Crippen molar-refractivity contribution >= 4 is 17.7 Å². The Kier molecular flexibility index (Phi) is 5.89. The number of nitrogens with one attached hydrogen (secondary N) is 2. The molecule has 0 bridgehead atoms. The highest BCUT2D eigenvalue weighted by atomic mass is 16.2. The van der Waals surface area contributed by atoms with Crippen molar-refractivity contribution in [3.8, 4) is 0 Å². The average molecular weight is 378 g/mol. The number of hydrogen-bond acceptors (Lipinski definition) is 1. The maximum Gasteiger partial charge on any atom is 0.282 e. The Balaban J connectivity index is 1.25. The summed E-state index contributed by atoms with van der Waals surface area (Å²) in [6, 6.07) is 19.1. The highest BCUT2D eigenvalue weighted by molar-refractivity contribution is 5.96. The molecule has 2 heterocycles. The van der Waals surface area contributed by atoms with E-state index >= 15 is 0 Å². The van der Waals surface area contributed by atoms with Gasteiger partial charge >= 0.3 is 0 Å². The number of hydrogen-bond donors (Lipinski definition) is 2. The number of amides is 1. The highest BCUT2D eigenvalue weighted by Crippen LogP contribution is 2.31. The smallest absolute Gasteiger partial charge is 0.282 e. The van der Waals surface area contributed by atoms with Crippen molar-refractivity contribution in [2.75, 3.05) is 44.2 Å². The molecular formula is C24H31N3O+2. The molecule has 0 unspecified atom stereocenters. The minimum Gasteiger partial charge on any atom is -0.322 e. The summed E-state index contributed by atoms with van der Waals surface area (Å²) in [6.07, 6.45) is 5.47. The van der Waals surface area contributed by atoms with Crippen LogP contribution in [0.15, 0.2) is 60.7 Å². The van der Waals surface area contributed by atoms with Gasteiger partial charge in [-0.1, -0.05) is 54.6 Å². The summed E-state index contributed by atoms with van der Waals surface area (Å²) in [5, 5.41) is 0. The number of para-hydroxylation sites is 1. The second-order valence-electron chi connectivity index (χ2n) is 8.14. The molecule has 0 aliphatic carbocycles. The standard InChI is InChI=1S/C24H29N3O/c1-20-18-22-11-5-6-12-23(22)27(20)24(28)19-26-16-14-25(15-17-26)13-7-10-21-8-3-2-4-9-21/h2-12,20H,13-19H2,1H3/p+2/b10-7+/t20-/m1/s1. The first-order valence-electron chi connectivity index (χ1n) is 10.5.